The number of unbranched alkanes of at least 4 members (excludes halogenated alkanes) is 2. The highest BCUT2D eigenvalue weighted by atomic mass is 16.5. The number of aryl methyl sites for hydroxylation is 1. The Kier molecular flexibility index (Phi) is 4.54. The van der Waals surface area contributed by atoms with Gasteiger partial charge < -0.3 is 10.3 Å². The average Bonchev–Trinajstić information content (AvgIpc) is 2.93. The molecule has 1 aliphatic carbocycles. The molecule has 1 fully saturated rings. The lowest BCUT2D eigenvalue weighted by Gasteiger charge is -2.01. The van der Waals surface area contributed by atoms with Gasteiger partial charge in [-0.05, 0) is 44.6 Å². The first-order valence-electron chi connectivity index (χ1n) is 6.82. The van der Waals surface area contributed by atoms with E-state index in [-0.39, 0.29) is 0 Å². The van der Waals surface area contributed by atoms with E-state index in [9.17, 15) is 0 Å². The molecule has 0 aliphatic heterocycles. The van der Waals surface area contributed by atoms with Gasteiger partial charge in [-0.2, -0.15) is 4.98 Å². The molecular formula is C13H23N3O. The normalized spacial score (nSPS) is 24.4. The van der Waals surface area contributed by atoms with Crippen LogP contribution in [-0.4, -0.2) is 16.7 Å². The Morgan fingerprint density at radius 3 is 2.88 bits per heavy atom. The molecule has 0 saturated heterocycles. The van der Waals surface area contributed by atoms with Gasteiger partial charge in [0.1, 0.15) is 0 Å². The minimum Gasteiger partial charge on any atom is -0.339 e. The van der Waals surface area contributed by atoms with Gasteiger partial charge in [-0.25, -0.2) is 0 Å². The summed E-state index contributed by atoms with van der Waals surface area (Å²) in [6.07, 6.45) is 7.95. The van der Waals surface area contributed by atoms with E-state index < -0.39 is 0 Å². The Labute approximate surface area is 103 Å². The van der Waals surface area contributed by atoms with Crippen molar-refractivity contribution in [1.29, 1.82) is 0 Å². The first-order chi connectivity index (χ1) is 8.29. The van der Waals surface area contributed by atoms with Crippen LogP contribution in [0.25, 0.3) is 0 Å². The summed E-state index contributed by atoms with van der Waals surface area (Å²) in [6, 6.07) is 0. The summed E-state index contributed by atoms with van der Waals surface area (Å²) in [5.74, 6) is 3.08. The van der Waals surface area contributed by atoms with E-state index in [2.05, 4.69) is 17.1 Å². The molecule has 0 radical (unpaired) electrons. The van der Waals surface area contributed by atoms with Crippen LogP contribution in [0.15, 0.2) is 4.52 Å². The zero-order chi connectivity index (χ0) is 12.1. The van der Waals surface area contributed by atoms with Gasteiger partial charge in [0, 0.05) is 12.3 Å². The monoisotopic (exact) mass is 237 g/mol. The van der Waals surface area contributed by atoms with E-state index in [1.54, 1.807) is 0 Å². The number of hydrogen-bond acceptors (Lipinski definition) is 4. The van der Waals surface area contributed by atoms with Crippen molar-refractivity contribution in [2.45, 2.75) is 57.8 Å². The quantitative estimate of drug-likeness (QED) is 0.772. The first-order valence-corrected chi connectivity index (χ1v) is 6.82. The topological polar surface area (TPSA) is 64.9 Å². The predicted octanol–water partition coefficient (Wildman–Crippen LogP) is 2.64. The maximum absolute atomic E-state index is 5.46. The third kappa shape index (κ3) is 3.53. The van der Waals surface area contributed by atoms with Crippen molar-refractivity contribution in [3.8, 4) is 0 Å². The predicted molar refractivity (Wildman–Crippen MR) is 66.7 cm³/mol. The van der Waals surface area contributed by atoms with Crippen molar-refractivity contribution in [2.75, 3.05) is 6.54 Å². The van der Waals surface area contributed by atoms with Crippen LogP contribution in [-0.2, 0) is 6.42 Å². The van der Waals surface area contributed by atoms with Crippen LogP contribution < -0.4 is 5.73 Å². The van der Waals surface area contributed by atoms with E-state index >= 15 is 0 Å². The van der Waals surface area contributed by atoms with Crippen molar-refractivity contribution in [3.63, 3.8) is 0 Å². The maximum Gasteiger partial charge on any atom is 0.226 e. The molecule has 2 unspecified atom stereocenters. The third-order valence-electron chi connectivity index (χ3n) is 3.64. The Morgan fingerprint density at radius 2 is 2.18 bits per heavy atom. The Bertz CT molecular complexity index is 337. The molecule has 2 rings (SSSR count). The van der Waals surface area contributed by atoms with Gasteiger partial charge in [0.25, 0.3) is 0 Å². The highest BCUT2D eigenvalue weighted by Crippen LogP contribution is 2.36. The number of hydrogen-bond donors (Lipinski definition) is 1. The van der Waals surface area contributed by atoms with E-state index in [1.807, 2.05) is 0 Å². The van der Waals surface area contributed by atoms with Gasteiger partial charge in [0.2, 0.25) is 5.89 Å². The molecule has 96 valence electrons. The molecule has 1 aliphatic rings. The largest absolute Gasteiger partial charge is 0.339 e. The van der Waals surface area contributed by atoms with Crippen LogP contribution in [0.1, 0.15) is 63.1 Å². The second kappa shape index (κ2) is 6.15. The molecule has 1 aromatic heterocycles. The summed E-state index contributed by atoms with van der Waals surface area (Å²) in [5.41, 5.74) is 5.46. The van der Waals surface area contributed by atoms with Crippen LogP contribution in [0.4, 0.5) is 0 Å². The van der Waals surface area contributed by atoms with Gasteiger partial charge in [-0.3, -0.25) is 0 Å². The smallest absolute Gasteiger partial charge is 0.226 e. The van der Waals surface area contributed by atoms with Crippen molar-refractivity contribution in [1.82, 2.24) is 10.1 Å². The highest BCUT2D eigenvalue weighted by molar-refractivity contribution is 4.99. The van der Waals surface area contributed by atoms with Gasteiger partial charge in [0.05, 0.1) is 0 Å². The average molecular weight is 237 g/mol. The number of aromatic nitrogens is 2. The summed E-state index contributed by atoms with van der Waals surface area (Å²) in [7, 11) is 0. The van der Waals surface area contributed by atoms with E-state index in [0.29, 0.717) is 5.92 Å². The van der Waals surface area contributed by atoms with Crippen LogP contribution in [0.3, 0.4) is 0 Å². The zero-order valence-corrected chi connectivity index (χ0v) is 10.7. The molecule has 0 aromatic carbocycles. The summed E-state index contributed by atoms with van der Waals surface area (Å²) in [5, 5.41) is 4.12. The van der Waals surface area contributed by atoms with Crippen molar-refractivity contribution >= 4 is 0 Å². The second-order valence-corrected chi connectivity index (χ2v) is 5.26. The van der Waals surface area contributed by atoms with Gasteiger partial charge in [-0.15, -0.1) is 0 Å². The molecule has 0 spiro atoms. The Morgan fingerprint density at radius 1 is 1.29 bits per heavy atom. The lowest BCUT2D eigenvalue weighted by atomic mass is 10.1. The van der Waals surface area contributed by atoms with E-state index in [1.165, 1.54) is 19.3 Å². The number of rotatable bonds is 6. The van der Waals surface area contributed by atoms with Crippen molar-refractivity contribution in [2.24, 2.45) is 11.7 Å². The van der Waals surface area contributed by atoms with Crippen LogP contribution in [0.5, 0.6) is 0 Å². The minimum absolute atomic E-state index is 0.534. The molecule has 4 heteroatoms. The fourth-order valence-electron chi connectivity index (χ4n) is 2.57. The lowest BCUT2D eigenvalue weighted by Crippen LogP contribution is -1.99. The maximum atomic E-state index is 5.46. The highest BCUT2D eigenvalue weighted by Gasteiger charge is 2.26. The zero-order valence-electron chi connectivity index (χ0n) is 10.7. The minimum atomic E-state index is 0.534. The second-order valence-electron chi connectivity index (χ2n) is 5.26. The van der Waals surface area contributed by atoms with Crippen molar-refractivity contribution in [3.05, 3.63) is 11.7 Å². The molecule has 0 bridgehead atoms. The SMILES string of the molecule is CC1CCC(c2noc(CCCCCN)n2)C1. The molecule has 1 heterocycles. The van der Waals surface area contributed by atoms with Gasteiger partial charge in [0.15, 0.2) is 5.82 Å². The summed E-state index contributed by atoms with van der Waals surface area (Å²) in [6.45, 7) is 3.07. The fraction of sp³-hybridized carbons (Fsp3) is 0.846. The van der Waals surface area contributed by atoms with Crippen LogP contribution in [0.2, 0.25) is 0 Å². The Hall–Kier alpha value is -0.900. The molecule has 2 atom stereocenters. The summed E-state index contributed by atoms with van der Waals surface area (Å²) in [4.78, 5) is 4.52. The lowest BCUT2D eigenvalue weighted by molar-refractivity contribution is 0.365. The Balaban J connectivity index is 1.79. The first kappa shape index (κ1) is 12.6. The third-order valence-corrected chi connectivity index (χ3v) is 3.64. The molecular weight excluding hydrogens is 214 g/mol. The standard InChI is InChI=1S/C13H23N3O/c1-10-6-7-11(9-10)13-15-12(17-16-13)5-3-2-4-8-14/h10-11H,2-9,14H2,1H3. The molecule has 4 nitrogen and oxygen atoms in total. The molecule has 0 amide bonds. The molecule has 2 N–H and O–H groups in total. The molecule has 17 heavy (non-hydrogen) atoms. The van der Waals surface area contributed by atoms with E-state index in [4.69, 9.17) is 10.3 Å². The molecule has 1 saturated carbocycles. The van der Waals surface area contributed by atoms with Gasteiger partial charge >= 0.3 is 0 Å². The molecule has 1 aromatic rings. The van der Waals surface area contributed by atoms with Crippen LogP contribution in [0, 0.1) is 5.92 Å². The summed E-state index contributed by atoms with van der Waals surface area (Å²) < 4.78 is 5.30. The number of nitrogens with two attached hydrogens (primary N) is 1. The van der Waals surface area contributed by atoms with Gasteiger partial charge in [-0.1, -0.05) is 18.5 Å². The summed E-state index contributed by atoms with van der Waals surface area (Å²) >= 11 is 0. The van der Waals surface area contributed by atoms with Crippen molar-refractivity contribution < 1.29 is 4.52 Å². The number of nitrogens with zero attached hydrogens (tertiary/aromatic N) is 2. The van der Waals surface area contributed by atoms with E-state index in [0.717, 1.165) is 49.9 Å². The fourth-order valence-corrected chi connectivity index (χ4v) is 2.57. The van der Waals surface area contributed by atoms with Crippen LogP contribution >= 0.6 is 0 Å².